The van der Waals surface area contributed by atoms with Gasteiger partial charge in [0.15, 0.2) is 5.75 Å². The lowest BCUT2D eigenvalue weighted by Gasteiger charge is -2.20. The van der Waals surface area contributed by atoms with Gasteiger partial charge in [-0.15, -0.1) is 0 Å². The zero-order valence-electron chi connectivity index (χ0n) is 14.4. The van der Waals surface area contributed by atoms with E-state index in [0.29, 0.717) is 28.2 Å². The Morgan fingerprint density at radius 2 is 1.85 bits per heavy atom. The molecule has 0 heterocycles. The summed E-state index contributed by atoms with van der Waals surface area (Å²) in [6.07, 6.45) is 1.50. The number of aromatic hydroxyl groups is 1. The third-order valence-electron chi connectivity index (χ3n) is 3.92. The molecule has 0 saturated carbocycles. The number of carbonyl (C=O) groups excluding carboxylic acids is 2. The number of nitrogens with zero attached hydrogens (tertiary/aromatic N) is 1. The van der Waals surface area contributed by atoms with Gasteiger partial charge in [-0.05, 0) is 24.3 Å². The van der Waals surface area contributed by atoms with E-state index < -0.39 is 0 Å². The number of aliphatic imine (C=N–C) groups is 1. The number of phenols is 1. The van der Waals surface area contributed by atoms with E-state index in [4.69, 9.17) is 23.2 Å². The van der Waals surface area contributed by atoms with Gasteiger partial charge < -0.3 is 15.7 Å². The summed E-state index contributed by atoms with van der Waals surface area (Å²) < 4.78 is 0. The number of hydrogen-bond donors (Lipinski definition) is 3. The number of anilines is 1. The zero-order chi connectivity index (χ0) is 19.7. The number of Topliss-reactive ketones (excluding diaryl/α,β-unsaturated/α-hetero) is 1. The van der Waals surface area contributed by atoms with Crippen molar-refractivity contribution in [1.82, 2.24) is 5.32 Å². The van der Waals surface area contributed by atoms with Crippen LogP contribution in [-0.2, 0) is 4.79 Å². The highest BCUT2D eigenvalue weighted by Crippen LogP contribution is 2.37. The van der Waals surface area contributed by atoms with Crippen molar-refractivity contribution in [3.8, 4) is 5.75 Å². The van der Waals surface area contributed by atoms with E-state index in [0.717, 1.165) is 0 Å². The second-order valence-electron chi connectivity index (χ2n) is 5.80. The number of phenolic OH excluding ortho intramolecular Hbond substituents is 1. The van der Waals surface area contributed by atoms with Crippen molar-refractivity contribution in [2.75, 3.05) is 12.4 Å². The van der Waals surface area contributed by atoms with E-state index in [9.17, 15) is 14.7 Å². The molecule has 0 saturated heterocycles. The van der Waals surface area contributed by atoms with Gasteiger partial charge in [-0.2, -0.15) is 0 Å². The highest BCUT2D eigenvalue weighted by molar-refractivity contribution is 6.37. The fraction of sp³-hybridized carbons (Fsp3) is 0.105. The van der Waals surface area contributed by atoms with E-state index >= 15 is 0 Å². The number of nitrogens with one attached hydrogen (secondary N) is 2. The summed E-state index contributed by atoms with van der Waals surface area (Å²) >= 11 is 11.9. The molecule has 8 heteroatoms. The van der Waals surface area contributed by atoms with Crippen LogP contribution in [0.5, 0.6) is 5.75 Å². The van der Waals surface area contributed by atoms with Crippen LogP contribution in [-0.4, -0.2) is 29.6 Å². The van der Waals surface area contributed by atoms with Crippen molar-refractivity contribution in [2.45, 2.75) is 6.92 Å². The minimum Gasteiger partial charge on any atom is -0.505 e. The van der Waals surface area contributed by atoms with Crippen molar-refractivity contribution in [3.63, 3.8) is 0 Å². The van der Waals surface area contributed by atoms with Crippen LogP contribution >= 0.6 is 23.2 Å². The van der Waals surface area contributed by atoms with Gasteiger partial charge in [-0.3, -0.25) is 9.59 Å². The normalized spacial score (nSPS) is 14.6. The highest BCUT2D eigenvalue weighted by Gasteiger charge is 2.27. The number of halogens is 2. The smallest absolute Gasteiger partial charge is 0.221 e. The molecule has 0 unspecified atom stereocenters. The first-order valence-corrected chi connectivity index (χ1v) is 8.69. The van der Waals surface area contributed by atoms with Crippen LogP contribution in [0.2, 0.25) is 10.0 Å². The lowest BCUT2D eigenvalue weighted by atomic mass is 9.90. The third kappa shape index (κ3) is 3.67. The Morgan fingerprint density at radius 3 is 2.44 bits per heavy atom. The molecule has 0 fully saturated rings. The quantitative estimate of drug-likeness (QED) is 0.719. The number of allylic oxidation sites excluding steroid dienone is 2. The molecule has 138 valence electrons. The van der Waals surface area contributed by atoms with Crippen LogP contribution in [0, 0.1) is 0 Å². The van der Waals surface area contributed by atoms with Crippen LogP contribution in [0.4, 0.5) is 11.4 Å². The molecule has 0 radical (unpaired) electrons. The highest BCUT2D eigenvalue weighted by atomic mass is 35.5. The Balaban J connectivity index is 2.24. The molecule has 3 N–H and O–H groups in total. The number of ketones is 1. The van der Waals surface area contributed by atoms with Gasteiger partial charge in [0.1, 0.15) is 0 Å². The van der Waals surface area contributed by atoms with E-state index in [1.54, 1.807) is 19.2 Å². The molecule has 6 nitrogen and oxygen atoms in total. The van der Waals surface area contributed by atoms with Gasteiger partial charge in [0.05, 0.1) is 27.1 Å². The molecular weight excluding hydrogens is 389 g/mol. The lowest BCUT2D eigenvalue weighted by molar-refractivity contribution is -0.118. The first-order chi connectivity index (χ1) is 12.8. The average molecular weight is 404 g/mol. The van der Waals surface area contributed by atoms with Gasteiger partial charge >= 0.3 is 0 Å². The summed E-state index contributed by atoms with van der Waals surface area (Å²) in [5.41, 5.74) is 2.66. The topological polar surface area (TPSA) is 90.8 Å². The Bertz CT molecular complexity index is 1010. The SMILES string of the molecule is CNc1cccc2c1C(=Nc1cc(Cl)c(O)c(Cl)c1)C=C(NC(C)=O)C2=O. The summed E-state index contributed by atoms with van der Waals surface area (Å²) in [6, 6.07) is 8.14. The largest absolute Gasteiger partial charge is 0.505 e. The fourth-order valence-corrected chi connectivity index (χ4v) is 3.25. The van der Waals surface area contributed by atoms with Crippen LogP contribution in [0.25, 0.3) is 0 Å². The number of rotatable bonds is 3. The second-order valence-corrected chi connectivity index (χ2v) is 6.62. The molecule has 0 atom stereocenters. The summed E-state index contributed by atoms with van der Waals surface area (Å²) in [7, 11) is 1.74. The number of benzene rings is 2. The van der Waals surface area contributed by atoms with E-state index in [1.807, 2.05) is 6.07 Å². The van der Waals surface area contributed by atoms with Crippen molar-refractivity contribution in [1.29, 1.82) is 0 Å². The van der Waals surface area contributed by atoms with Crippen LogP contribution in [0.1, 0.15) is 22.8 Å². The van der Waals surface area contributed by atoms with E-state index in [1.165, 1.54) is 25.1 Å². The molecule has 1 aliphatic carbocycles. The zero-order valence-corrected chi connectivity index (χ0v) is 15.9. The molecule has 0 aromatic heterocycles. The van der Waals surface area contributed by atoms with E-state index in [2.05, 4.69) is 15.6 Å². The average Bonchev–Trinajstić information content (AvgIpc) is 2.62. The van der Waals surface area contributed by atoms with Crippen molar-refractivity contribution in [3.05, 3.63) is 63.3 Å². The van der Waals surface area contributed by atoms with Gasteiger partial charge in [0, 0.05) is 30.8 Å². The van der Waals surface area contributed by atoms with Crippen molar-refractivity contribution < 1.29 is 14.7 Å². The summed E-state index contributed by atoms with van der Waals surface area (Å²) in [4.78, 5) is 28.7. The minimum absolute atomic E-state index is 0.0573. The van der Waals surface area contributed by atoms with Crippen LogP contribution in [0.15, 0.2) is 47.1 Å². The maximum Gasteiger partial charge on any atom is 0.221 e. The summed E-state index contributed by atoms with van der Waals surface area (Å²) in [5.74, 6) is -0.900. The molecule has 27 heavy (non-hydrogen) atoms. The fourth-order valence-electron chi connectivity index (χ4n) is 2.77. The second kappa shape index (κ2) is 7.42. The summed E-state index contributed by atoms with van der Waals surface area (Å²) in [6.45, 7) is 1.32. The lowest BCUT2D eigenvalue weighted by Crippen LogP contribution is -2.30. The minimum atomic E-state index is -0.363. The molecule has 0 spiro atoms. The van der Waals surface area contributed by atoms with Crippen LogP contribution < -0.4 is 10.6 Å². The molecule has 3 rings (SSSR count). The molecule has 1 aliphatic rings. The van der Waals surface area contributed by atoms with Crippen molar-refractivity contribution in [2.24, 2.45) is 4.99 Å². The number of carbonyl (C=O) groups is 2. The maximum atomic E-state index is 12.7. The Morgan fingerprint density at radius 1 is 1.19 bits per heavy atom. The van der Waals surface area contributed by atoms with Gasteiger partial charge in [-0.1, -0.05) is 35.3 Å². The molecule has 0 aliphatic heterocycles. The number of fused-ring (bicyclic) bond motifs is 1. The molecule has 2 aromatic carbocycles. The maximum absolute atomic E-state index is 12.7. The summed E-state index contributed by atoms with van der Waals surface area (Å²) in [5, 5.41) is 15.4. The first kappa shape index (κ1) is 18.9. The van der Waals surface area contributed by atoms with Gasteiger partial charge in [-0.25, -0.2) is 4.99 Å². The Hall–Kier alpha value is -2.83. The van der Waals surface area contributed by atoms with E-state index in [-0.39, 0.29) is 33.2 Å². The Labute approximate surface area is 165 Å². The molecule has 2 aromatic rings. The predicted molar refractivity (Wildman–Crippen MR) is 107 cm³/mol. The van der Waals surface area contributed by atoms with Crippen LogP contribution in [0.3, 0.4) is 0 Å². The third-order valence-corrected chi connectivity index (χ3v) is 4.50. The molecule has 0 bridgehead atoms. The number of amides is 1. The molecule has 1 amide bonds. The standard InChI is InChI=1S/C19H15Cl2N3O3/c1-9(25)23-16-8-15(24-10-6-12(20)19(27)13(21)7-10)17-11(18(16)26)4-3-5-14(17)22-2/h3-8,22,27H,1-2H3,(H,23,25). The first-order valence-electron chi connectivity index (χ1n) is 7.93. The van der Waals surface area contributed by atoms with Crippen molar-refractivity contribution >= 4 is 52.0 Å². The molecular formula is C19H15Cl2N3O3. The predicted octanol–water partition coefficient (Wildman–Crippen LogP) is 4.08. The van der Waals surface area contributed by atoms with Gasteiger partial charge in [0.25, 0.3) is 0 Å². The van der Waals surface area contributed by atoms with Gasteiger partial charge in [0.2, 0.25) is 11.7 Å². The Kier molecular flexibility index (Phi) is 5.21. The number of hydrogen-bond acceptors (Lipinski definition) is 5. The monoisotopic (exact) mass is 403 g/mol.